The molecule has 1 N–H and O–H groups in total. The van der Waals surface area contributed by atoms with Crippen molar-refractivity contribution in [3.63, 3.8) is 0 Å². The third kappa shape index (κ3) is 3.39. The Balaban J connectivity index is 1.68. The zero-order valence-electron chi connectivity index (χ0n) is 10.2. The molecule has 88 valence electrons. The Kier molecular flexibility index (Phi) is 4.39. The maximum absolute atomic E-state index is 3.88. The molecule has 2 atom stereocenters. The molecule has 15 heavy (non-hydrogen) atoms. The Morgan fingerprint density at radius 3 is 2.13 bits per heavy atom. The van der Waals surface area contributed by atoms with Gasteiger partial charge in [0.25, 0.3) is 0 Å². The number of hydrogen-bond donors (Lipinski definition) is 1. The molecule has 2 aliphatic carbocycles. The van der Waals surface area contributed by atoms with E-state index in [0.29, 0.717) is 0 Å². The van der Waals surface area contributed by atoms with Crippen LogP contribution in [0, 0.1) is 5.92 Å². The molecule has 2 saturated carbocycles. The van der Waals surface area contributed by atoms with Crippen LogP contribution in [0.2, 0.25) is 0 Å². The molecular formula is C13H25NS. The van der Waals surface area contributed by atoms with Crippen LogP contribution in [0.25, 0.3) is 0 Å². The molecule has 2 rings (SSSR count). The minimum Gasteiger partial charge on any atom is -0.311 e. The molecule has 0 heterocycles. The molecule has 2 unspecified atom stereocenters. The van der Waals surface area contributed by atoms with Crippen molar-refractivity contribution in [3.05, 3.63) is 0 Å². The maximum atomic E-state index is 3.88. The lowest BCUT2D eigenvalue weighted by molar-refractivity contribution is 0.338. The van der Waals surface area contributed by atoms with Gasteiger partial charge in [-0.1, -0.05) is 6.92 Å². The number of rotatable bonds is 3. The zero-order chi connectivity index (χ0) is 10.7. The lowest BCUT2D eigenvalue weighted by atomic mass is 9.94. The topological polar surface area (TPSA) is 12.0 Å². The quantitative estimate of drug-likeness (QED) is 0.792. The summed E-state index contributed by atoms with van der Waals surface area (Å²) in [5.74, 6) is 0.963. The van der Waals surface area contributed by atoms with Crippen LogP contribution >= 0.6 is 11.8 Å². The van der Waals surface area contributed by atoms with Crippen LogP contribution in [-0.4, -0.2) is 23.6 Å². The van der Waals surface area contributed by atoms with E-state index >= 15 is 0 Å². The summed E-state index contributed by atoms with van der Waals surface area (Å²) in [5.41, 5.74) is 0. The molecule has 2 fully saturated rings. The monoisotopic (exact) mass is 227 g/mol. The highest BCUT2D eigenvalue weighted by Crippen LogP contribution is 2.30. The summed E-state index contributed by atoms with van der Waals surface area (Å²) in [6, 6.07) is 1.68. The highest BCUT2D eigenvalue weighted by molar-refractivity contribution is 7.99. The van der Waals surface area contributed by atoms with Crippen LogP contribution in [0.1, 0.15) is 51.9 Å². The predicted octanol–water partition coefficient (Wildman–Crippen LogP) is 3.44. The highest BCUT2D eigenvalue weighted by Gasteiger charge is 2.26. The first-order valence-electron chi connectivity index (χ1n) is 6.56. The lowest BCUT2D eigenvalue weighted by Gasteiger charge is -2.30. The van der Waals surface area contributed by atoms with Crippen LogP contribution < -0.4 is 5.32 Å². The summed E-state index contributed by atoms with van der Waals surface area (Å²) in [6.45, 7) is 2.40. The van der Waals surface area contributed by atoms with E-state index in [4.69, 9.17) is 0 Å². The largest absolute Gasteiger partial charge is 0.311 e. The Bertz CT molecular complexity index is 187. The van der Waals surface area contributed by atoms with Gasteiger partial charge in [-0.15, -0.1) is 0 Å². The van der Waals surface area contributed by atoms with Crippen molar-refractivity contribution in [1.29, 1.82) is 0 Å². The number of hydrogen-bond acceptors (Lipinski definition) is 2. The molecular weight excluding hydrogens is 202 g/mol. The van der Waals surface area contributed by atoms with Crippen molar-refractivity contribution in [1.82, 2.24) is 5.32 Å². The van der Waals surface area contributed by atoms with Gasteiger partial charge in [-0.25, -0.2) is 0 Å². The molecule has 2 heteroatoms. The molecule has 0 amide bonds. The Labute approximate surface area is 98.8 Å². The summed E-state index contributed by atoms with van der Waals surface area (Å²) in [7, 11) is 0. The molecule has 0 aromatic rings. The SMILES string of the molecule is CSC1CCC(NC2CCC(C)C2)CC1. The number of thioether (sulfide) groups is 1. The molecule has 0 spiro atoms. The Morgan fingerprint density at radius 1 is 0.933 bits per heavy atom. The molecule has 2 aliphatic rings. The predicted molar refractivity (Wildman–Crippen MR) is 69.5 cm³/mol. The summed E-state index contributed by atoms with van der Waals surface area (Å²) >= 11 is 2.06. The van der Waals surface area contributed by atoms with E-state index in [1.165, 1.54) is 44.9 Å². The summed E-state index contributed by atoms with van der Waals surface area (Å²) in [4.78, 5) is 0. The van der Waals surface area contributed by atoms with Crippen molar-refractivity contribution in [2.75, 3.05) is 6.26 Å². The molecule has 0 bridgehead atoms. The fourth-order valence-corrected chi connectivity index (χ4v) is 3.90. The Morgan fingerprint density at radius 2 is 1.60 bits per heavy atom. The Hall–Kier alpha value is 0.310. The van der Waals surface area contributed by atoms with Crippen LogP contribution in [0.3, 0.4) is 0 Å². The molecule has 1 nitrogen and oxygen atoms in total. The van der Waals surface area contributed by atoms with Crippen molar-refractivity contribution in [2.45, 2.75) is 69.2 Å². The second-order valence-electron chi connectivity index (χ2n) is 5.49. The normalized spacial score (nSPS) is 42.0. The molecule has 0 saturated heterocycles. The van der Waals surface area contributed by atoms with Crippen molar-refractivity contribution < 1.29 is 0 Å². The fourth-order valence-electron chi connectivity index (χ4n) is 3.16. The van der Waals surface area contributed by atoms with Crippen molar-refractivity contribution >= 4 is 11.8 Å². The van der Waals surface area contributed by atoms with Gasteiger partial charge in [0.1, 0.15) is 0 Å². The second kappa shape index (κ2) is 5.58. The smallest absolute Gasteiger partial charge is 0.00722 e. The van der Waals surface area contributed by atoms with E-state index in [9.17, 15) is 0 Å². The van der Waals surface area contributed by atoms with E-state index in [-0.39, 0.29) is 0 Å². The van der Waals surface area contributed by atoms with Crippen molar-refractivity contribution in [3.8, 4) is 0 Å². The standard InChI is InChI=1S/C13H25NS/c1-10-3-4-12(9-10)14-11-5-7-13(15-2)8-6-11/h10-14H,3-9H2,1-2H3. The van der Waals surface area contributed by atoms with Crippen LogP contribution in [0.5, 0.6) is 0 Å². The summed E-state index contributed by atoms with van der Waals surface area (Å²) in [6.07, 6.45) is 12.2. The molecule has 0 aromatic carbocycles. The first-order chi connectivity index (χ1) is 7.28. The van der Waals surface area contributed by atoms with E-state index in [1.54, 1.807) is 0 Å². The lowest BCUT2D eigenvalue weighted by Crippen LogP contribution is -2.39. The highest BCUT2D eigenvalue weighted by atomic mass is 32.2. The fraction of sp³-hybridized carbons (Fsp3) is 1.00. The van der Waals surface area contributed by atoms with Gasteiger partial charge >= 0.3 is 0 Å². The van der Waals surface area contributed by atoms with Gasteiger partial charge in [0.15, 0.2) is 0 Å². The zero-order valence-corrected chi connectivity index (χ0v) is 11.0. The van der Waals surface area contributed by atoms with Gasteiger partial charge in [0.2, 0.25) is 0 Å². The average molecular weight is 227 g/mol. The minimum absolute atomic E-state index is 0.837. The van der Waals surface area contributed by atoms with E-state index in [1.807, 2.05) is 0 Å². The van der Waals surface area contributed by atoms with Gasteiger partial charge in [-0.3, -0.25) is 0 Å². The molecule has 0 radical (unpaired) electrons. The molecule has 0 aromatic heterocycles. The van der Waals surface area contributed by atoms with Crippen LogP contribution in [0.4, 0.5) is 0 Å². The third-order valence-corrected chi connectivity index (χ3v) is 5.31. The molecule has 0 aliphatic heterocycles. The van der Waals surface area contributed by atoms with Gasteiger partial charge in [0, 0.05) is 17.3 Å². The van der Waals surface area contributed by atoms with Crippen LogP contribution in [-0.2, 0) is 0 Å². The maximum Gasteiger partial charge on any atom is 0.00722 e. The average Bonchev–Trinajstić information content (AvgIpc) is 2.65. The summed E-state index contributed by atoms with van der Waals surface area (Å²) in [5, 5.41) is 4.83. The van der Waals surface area contributed by atoms with E-state index in [0.717, 1.165) is 23.3 Å². The van der Waals surface area contributed by atoms with Gasteiger partial charge in [-0.2, -0.15) is 11.8 Å². The number of nitrogens with one attached hydrogen (secondary N) is 1. The van der Waals surface area contributed by atoms with Gasteiger partial charge in [0.05, 0.1) is 0 Å². The van der Waals surface area contributed by atoms with Gasteiger partial charge < -0.3 is 5.32 Å². The van der Waals surface area contributed by atoms with Crippen molar-refractivity contribution in [2.24, 2.45) is 5.92 Å². The van der Waals surface area contributed by atoms with E-state index < -0.39 is 0 Å². The third-order valence-electron chi connectivity index (χ3n) is 4.17. The first-order valence-corrected chi connectivity index (χ1v) is 7.85. The first kappa shape index (κ1) is 11.8. The summed E-state index contributed by atoms with van der Waals surface area (Å²) < 4.78 is 0. The van der Waals surface area contributed by atoms with E-state index in [2.05, 4.69) is 30.3 Å². The second-order valence-corrected chi connectivity index (χ2v) is 6.63. The van der Waals surface area contributed by atoms with Gasteiger partial charge in [-0.05, 0) is 57.1 Å². The minimum atomic E-state index is 0.837. The van der Waals surface area contributed by atoms with Crippen LogP contribution in [0.15, 0.2) is 0 Å².